The number of nitrogens with zero attached hydrogens (tertiary/aromatic N) is 5. The minimum absolute atomic E-state index is 0.00934. The second-order valence-corrected chi connectivity index (χ2v) is 31.9. The van der Waals surface area contributed by atoms with Crippen LogP contribution in [0.15, 0.2) is 109 Å². The molecule has 6 fully saturated rings. The molecule has 0 bridgehead atoms. The van der Waals surface area contributed by atoms with Crippen LogP contribution >= 0.6 is 0 Å². The number of ketones is 1. The van der Waals surface area contributed by atoms with Crippen molar-refractivity contribution in [2.45, 2.75) is 194 Å². The predicted octanol–water partition coefficient (Wildman–Crippen LogP) is 9.90. The molecule has 8 heterocycles. The number of urea groups is 1. The lowest BCUT2D eigenvalue weighted by Gasteiger charge is -2.47. The van der Waals surface area contributed by atoms with Crippen LogP contribution < -0.4 is 16.0 Å². The third-order valence-corrected chi connectivity index (χ3v) is 23.1. The number of carbonyl (C=O) groups excluding carboxylic acids is 6. The van der Waals surface area contributed by atoms with Crippen LogP contribution in [0, 0.1) is 36.5 Å². The van der Waals surface area contributed by atoms with Gasteiger partial charge in [-0.15, -0.1) is 0 Å². The molecular weight excluding hydrogens is 1380 g/mol. The van der Waals surface area contributed by atoms with Gasteiger partial charge in [0.1, 0.15) is 49.0 Å². The molecule has 6 aliphatic rings. The summed E-state index contributed by atoms with van der Waals surface area (Å²) in [6.45, 7) is 23.9. The summed E-state index contributed by atoms with van der Waals surface area (Å²) in [5.74, 6) is -2.27. The van der Waals surface area contributed by atoms with E-state index >= 15 is 0 Å². The van der Waals surface area contributed by atoms with Gasteiger partial charge in [-0.1, -0.05) is 111 Å². The number of aromatic nitrogens is 2. The number of carbonyl (C=O) groups is 6. The molecule has 109 heavy (non-hydrogen) atoms. The van der Waals surface area contributed by atoms with E-state index in [1.807, 2.05) is 77.5 Å². The first-order chi connectivity index (χ1) is 52.4. The van der Waals surface area contributed by atoms with Gasteiger partial charge in [0.25, 0.3) is 0 Å². The molecule has 0 aliphatic carbocycles. The van der Waals surface area contributed by atoms with Gasteiger partial charge in [0, 0.05) is 102 Å². The van der Waals surface area contributed by atoms with Gasteiger partial charge < -0.3 is 88.7 Å². The first-order valence-corrected chi connectivity index (χ1v) is 39.5. The van der Waals surface area contributed by atoms with Crippen LogP contribution in [0.2, 0.25) is 0 Å². The Labute approximate surface area is 641 Å². The second-order valence-electron chi connectivity index (χ2n) is 31.9. The Bertz CT molecular complexity index is 4130. The van der Waals surface area contributed by atoms with Gasteiger partial charge in [0.2, 0.25) is 5.91 Å². The zero-order valence-corrected chi connectivity index (χ0v) is 65.0. The minimum Gasteiger partial charge on any atom is -0.463 e. The summed E-state index contributed by atoms with van der Waals surface area (Å²) in [5, 5.41) is 52.5. The molecule has 2 aromatic heterocycles. The number of amides is 3. The van der Waals surface area contributed by atoms with E-state index < -0.39 is 85.6 Å². The Morgan fingerprint density at radius 3 is 1.62 bits per heavy atom. The van der Waals surface area contributed by atoms with Gasteiger partial charge >= 0.3 is 23.9 Å². The monoisotopic (exact) mass is 1500 g/mol. The first-order valence-electron chi connectivity index (χ1n) is 39.5. The zero-order valence-electron chi connectivity index (χ0n) is 65.0. The number of ether oxygens (including phenoxy) is 5. The number of piperidine rings is 4. The lowest BCUT2D eigenvalue weighted by Crippen LogP contribution is -2.56. The molecule has 0 saturated carbocycles. The summed E-state index contributed by atoms with van der Waals surface area (Å²) in [6.07, 6.45) is 15.8. The van der Waals surface area contributed by atoms with E-state index in [0.717, 1.165) is 144 Å². The fourth-order valence-electron chi connectivity index (χ4n) is 17.5. The normalized spacial score (nSPS) is 24.5. The minimum atomic E-state index is -1.45. The predicted molar refractivity (Wildman–Crippen MR) is 419 cm³/mol. The standard InChI is InChI=1S/C44H57N3O8.C42H59N5O7/c1-29-10-8-12-38-40(29)36(25-35-15-13-34(14-16-35)11-6-7-22-46-23-9-17-44(28-46)18-20-45-21-19-44)26-47(38)43-42(54-33(5)51)37(24-30(2)48)41(53-32(4)50)39(55-43)27-52-31(3)49;1-28(2)23-43-41(53)44-24-35(49)46-20-16-42(17-21-46)15-7-19-45(27-42)18-5-4-9-30-11-13-31(14-12-30)22-32-25-47(33-10-6-8-29(3)36(32)33)40-39(52)38(51)37(50)34(26-48)54-40/h6,8,10-16,26,37,39,41-43,45H,7,9,17-25,27-28H2,1-5H3;4,6,8-14,25,28,34,37-40,48,50-52H,5,7,15-24,26-27H2,1-3H3,(H2,43,44,53)/b11-6+;9-4+/t37-,39+,41-,42+,43+;34-,37-,38+,39-,40-/m01/s1. The summed E-state index contributed by atoms with van der Waals surface area (Å²) in [7, 11) is 0. The summed E-state index contributed by atoms with van der Waals surface area (Å²) in [5.41, 5.74) is 11.3. The van der Waals surface area contributed by atoms with Crippen LogP contribution in [-0.4, -0.2) is 214 Å². The van der Waals surface area contributed by atoms with E-state index in [4.69, 9.17) is 23.7 Å². The van der Waals surface area contributed by atoms with Crippen LogP contribution in [0.3, 0.4) is 0 Å². The highest BCUT2D eigenvalue weighted by atomic mass is 16.6. The summed E-state index contributed by atoms with van der Waals surface area (Å²) in [6, 6.07) is 28.8. The Morgan fingerprint density at radius 2 is 1.12 bits per heavy atom. The number of rotatable bonds is 25. The number of aliphatic hydroxyl groups excluding tert-OH is 4. The third kappa shape index (κ3) is 21.1. The molecule has 4 aromatic carbocycles. The van der Waals surface area contributed by atoms with Crippen molar-refractivity contribution in [2.75, 3.05) is 91.8 Å². The average Bonchev–Trinajstić information content (AvgIpc) is 1.64. The number of likely N-dealkylation sites (tertiary alicyclic amines) is 3. The van der Waals surface area contributed by atoms with Crippen LogP contribution in [0.4, 0.5) is 4.79 Å². The molecule has 3 amide bonds. The molecule has 23 heteroatoms. The number of hydrogen-bond acceptors (Lipinski definition) is 18. The molecule has 6 aliphatic heterocycles. The fourth-order valence-corrected chi connectivity index (χ4v) is 17.5. The third-order valence-electron chi connectivity index (χ3n) is 23.1. The Balaban J connectivity index is 0.000000217. The van der Waals surface area contributed by atoms with E-state index in [9.17, 15) is 49.2 Å². The van der Waals surface area contributed by atoms with Gasteiger partial charge in [0.15, 0.2) is 18.6 Å². The molecular formula is C86H116N8O15. The van der Waals surface area contributed by atoms with E-state index in [1.54, 1.807) is 0 Å². The van der Waals surface area contributed by atoms with Crippen molar-refractivity contribution in [3.63, 3.8) is 0 Å². The molecule has 6 aromatic rings. The molecule has 23 nitrogen and oxygen atoms in total. The number of nitrogens with one attached hydrogen (secondary N) is 3. The maximum Gasteiger partial charge on any atom is 0.315 e. The van der Waals surface area contributed by atoms with Gasteiger partial charge in [-0.2, -0.15) is 0 Å². The van der Waals surface area contributed by atoms with Crippen LogP contribution in [0.5, 0.6) is 0 Å². The number of benzene rings is 4. The van der Waals surface area contributed by atoms with E-state index in [0.29, 0.717) is 30.7 Å². The second kappa shape index (κ2) is 37.7. The summed E-state index contributed by atoms with van der Waals surface area (Å²) < 4.78 is 33.3. The lowest BCUT2D eigenvalue weighted by atomic mass is 9.72. The molecule has 10 atom stereocenters. The van der Waals surface area contributed by atoms with Crippen LogP contribution in [0.1, 0.15) is 169 Å². The molecule has 2 spiro atoms. The van der Waals surface area contributed by atoms with Crippen LogP contribution in [0.25, 0.3) is 34.0 Å². The number of fused-ring (bicyclic) bond motifs is 2. The number of Topliss-reactive ketones (excluding diaryl/α,β-unsaturated/α-hetero) is 1. The maximum atomic E-state index is 12.8. The topological polar surface area (TPSA) is 285 Å². The highest BCUT2D eigenvalue weighted by molar-refractivity contribution is 5.89. The molecule has 590 valence electrons. The van der Waals surface area contributed by atoms with E-state index in [1.165, 1.54) is 79.3 Å². The number of hydrogen-bond donors (Lipinski definition) is 7. The Kier molecular flexibility index (Phi) is 28.4. The van der Waals surface area contributed by atoms with Crippen molar-refractivity contribution in [2.24, 2.45) is 22.7 Å². The van der Waals surface area contributed by atoms with Crippen molar-refractivity contribution in [3.8, 4) is 0 Å². The molecule has 12 rings (SSSR count). The molecule has 7 N–H and O–H groups in total. The van der Waals surface area contributed by atoms with Crippen molar-refractivity contribution in [1.29, 1.82) is 0 Å². The van der Waals surface area contributed by atoms with Gasteiger partial charge in [-0.25, -0.2) is 4.79 Å². The summed E-state index contributed by atoms with van der Waals surface area (Å²) >= 11 is 0. The molecule has 6 saturated heterocycles. The highest BCUT2D eigenvalue weighted by Crippen LogP contribution is 2.44. The quantitative estimate of drug-likeness (QED) is 0.0207. The number of esters is 3. The summed E-state index contributed by atoms with van der Waals surface area (Å²) in [4.78, 5) is 81.3. The first kappa shape index (κ1) is 81.9. The Hall–Kier alpha value is -8.10. The van der Waals surface area contributed by atoms with Crippen molar-refractivity contribution in [1.82, 2.24) is 39.8 Å². The lowest BCUT2D eigenvalue weighted by molar-refractivity contribution is -0.250. The van der Waals surface area contributed by atoms with Gasteiger partial charge in [-0.3, -0.25) is 19.2 Å². The Morgan fingerprint density at radius 1 is 0.606 bits per heavy atom. The largest absolute Gasteiger partial charge is 0.463 e. The fraction of sp³-hybridized carbons (Fsp3) is 0.558. The average molecular weight is 1500 g/mol. The van der Waals surface area contributed by atoms with Crippen molar-refractivity contribution in [3.05, 3.63) is 154 Å². The van der Waals surface area contributed by atoms with Crippen molar-refractivity contribution >= 4 is 69.6 Å². The number of aliphatic hydroxyl groups is 4. The van der Waals surface area contributed by atoms with Gasteiger partial charge in [-0.05, 0) is 197 Å². The highest BCUT2D eigenvalue weighted by Gasteiger charge is 2.52. The molecule has 0 unspecified atom stereocenters. The van der Waals surface area contributed by atoms with Crippen LogP contribution in [-0.2, 0) is 60.5 Å². The molecule has 0 radical (unpaired) electrons. The SMILES string of the molecule is CC(=O)C[C@@H]1[C@@H](OC(C)=O)[C@H](n2cc(Cc3ccc(/C=C/CCN4CCCC5(CCNCC5)C4)cc3)c3c(C)cccc32)O[C@H](COC(C)=O)[C@H]1OC(C)=O.Cc1cccc2c1c(Cc1ccc(/C=C/CCN3CCCC4(CCN(C(=O)CNC(=O)NCC(C)C)CC4)C3)cc1)cn2[C@@H]1O[C@H](CO)[C@@H](O)[C@H](O)[C@H]1O. The smallest absolute Gasteiger partial charge is 0.315 e. The van der Waals surface area contributed by atoms with Crippen molar-refractivity contribution < 1.29 is 72.9 Å². The van der Waals surface area contributed by atoms with Gasteiger partial charge in [0.05, 0.1) is 24.2 Å². The zero-order chi connectivity index (χ0) is 77.5. The van der Waals surface area contributed by atoms with E-state index in [-0.39, 0.29) is 42.7 Å². The maximum absolute atomic E-state index is 12.8. The van der Waals surface area contributed by atoms with E-state index in [2.05, 4.69) is 112 Å². The number of aryl methyl sites for hydroxylation is 2.